The fourth-order valence-electron chi connectivity index (χ4n) is 1.34. The van der Waals surface area contributed by atoms with Crippen LogP contribution in [-0.4, -0.2) is 18.9 Å². The van der Waals surface area contributed by atoms with Crippen molar-refractivity contribution in [2.45, 2.75) is 6.92 Å². The van der Waals surface area contributed by atoms with Crippen molar-refractivity contribution in [1.29, 1.82) is 0 Å². The van der Waals surface area contributed by atoms with Crippen LogP contribution in [0.5, 0.6) is 0 Å². The predicted molar refractivity (Wildman–Crippen MR) is 50.1 cm³/mol. The molecule has 1 aliphatic heterocycles. The first kappa shape index (κ1) is 8.10. The summed E-state index contributed by atoms with van der Waals surface area (Å²) in [7, 11) is 0. The number of hydrogen-bond donors (Lipinski definition) is 0. The van der Waals surface area contributed by atoms with Crippen molar-refractivity contribution in [2.24, 2.45) is 0 Å². The van der Waals surface area contributed by atoms with Crippen LogP contribution in [0.3, 0.4) is 0 Å². The van der Waals surface area contributed by atoms with Gasteiger partial charge in [0.25, 0.3) is 0 Å². The van der Waals surface area contributed by atoms with Crippen LogP contribution in [0.2, 0.25) is 0 Å². The lowest BCUT2D eigenvalue weighted by Gasteiger charge is -2.12. The molecule has 1 aromatic rings. The van der Waals surface area contributed by atoms with Gasteiger partial charge in [0.1, 0.15) is 0 Å². The molecule has 0 amide bonds. The number of Topliss-reactive ketones (excluding diaryl/α,β-unsaturated/α-hetero) is 1. The third kappa shape index (κ3) is 1.49. The number of furan rings is 1. The summed E-state index contributed by atoms with van der Waals surface area (Å²) >= 11 is 0. The average Bonchev–Trinajstić information content (AvgIpc) is 2.75. The van der Waals surface area contributed by atoms with Crippen LogP contribution in [0.25, 0.3) is 0 Å². The molecule has 0 saturated carbocycles. The SMILES string of the molecule is CC(=O)c1ccc(N2CC=CC2)o1. The lowest BCUT2D eigenvalue weighted by Crippen LogP contribution is -2.17. The molecule has 0 saturated heterocycles. The van der Waals surface area contributed by atoms with Gasteiger partial charge in [-0.2, -0.15) is 0 Å². The first-order valence-electron chi connectivity index (χ1n) is 4.28. The second-order valence-corrected chi connectivity index (χ2v) is 3.07. The van der Waals surface area contributed by atoms with Crippen molar-refractivity contribution in [3.05, 3.63) is 30.0 Å². The van der Waals surface area contributed by atoms with Crippen LogP contribution in [0.1, 0.15) is 17.5 Å². The van der Waals surface area contributed by atoms with Gasteiger partial charge >= 0.3 is 0 Å². The third-order valence-electron chi connectivity index (χ3n) is 2.07. The summed E-state index contributed by atoms with van der Waals surface area (Å²) in [5.41, 5.74) is 0. The fraction of sp³-hybridized carbons (Fsp3) is 0.300. The summed E-state index contributed by atoms with van der Waals surface area (Å²) in [5.74, 6) is 1.18. The van der Waals surface area contributed by atoms with Gasteiger partial charge < -0.3 is 9.32 Å². The summed E-state index contributed by atoms with van der Waals surface area (Å²) in [6.07, 6.45) is 4.16. The van der Waals surface area contributed by atoms with Gasteiger partial charge in [-0.25, -0.2) is 0 Å². The van der Waals surface area contributed by atoms with Crippen molar-refractivity contribution < 1.29 is 9.21 Å². The Hall–Kier alpha value is -1.51. The minimum Gasteiger partial charge on any atom is -0.437 e. The van der Waals surface area contributed by atoms with Gasteiger partial charge in [-0.1, -0.05) is 12.2 Å². The van der Waals surface area contributed by atoms with E-state index in [1.807, 2.05) is 6.07 Å². The van der Waals surface area contributed by atoms with Gasteiger partial charge in [-0.05, 0) is 6.07 Å². The summed E-state index contributed by atoms with van der Waals surface area (Å²) in [6.45, 7) is 3.24. The first-order chi connectivity index (χ1) is 6.27. The Morgan fingerprint density at radius 1 is 1.38 bits per heavy atom. The van der Waals surface area contributed by atoms with E-state index in [4.69, 9.17) is 4.42 Å². The Morgan fingerprint density at radius 3 is 2.62 bits per heavy atom. The number of carbonyl (C=O) groups is 1. The summed E-state index contributed by atoms with van der Waals surface area (Å²) in [5, 5.41) is 0. The standard InChI is InChI=1S/C10H11NO2/c1-8(12)9-4-5-10(13-9)11-6-2-3-7-11/h2-5H,6-7H2,1H3. The van der Waals surface area contributed by atoms with Crippen molar-refractivity contribution in [1.82, 2.24) is 0 Å². The van der Waals surface area contributed by atoms with Gasteiger partial charge in [0.05, 0.1) is 0 Å². The number of carbonyl (C=O) groups excluding carboxylic acids is 1. The van der Waals surface area contributed by atoms with Crippen molar-refractivity contribution in [2.75, 3.05) is 18.0 Å². The molecule has 0 fully saturated rings. The van der Waals surface area contributed by atoms with Gasteiger partial charge in [-0.15, -0.1) is 0 Å². The molecule has 3 nitrogen and oxygen atoms in total. The van der Waals surface area contributed by atoms with Gasteiger partial charge in [0.2, 0.25) is 0 Å². The fourth-order valence-corrected chi connectivity index (χ4v) is 1.34. The zero-order valence-corrected chi connectivity index (χ0v) is 7.49. The average molecular weight is 177 g/mol. The maximum Gasteiger partial charge on any atom is 0.196 e. The molecule has 0 spiro atoms. The summed E-state index contributed by atoms with van der Waals surface area (Å²) < 4.78 is 5.37. The highest BCUT2D eigenvalue weighted by atomic mass is 16.4. The van der Waals surface area contributed by atoms with Gasteiger partial charge in [-0.3, -0.25) is 4.79 Å². The highest BCUT2D eigenvalue weighted by Gasteiger charge is 2.13. The molecule has 3 heteroatoms. The molecule has 0 radical (unpaired) electrons. The Bertz CT molecular complexity index is 344. The molecule has 2 rings (SSSR count). The molecule has 0 atom stereocenters. The molecule has 0 unspecified atom stereocenters. The van der Waals surface area contributed by atoms with Crippen LogP contribution in [-0.2, 0) is 0 Å². The molecule has 68 valence electrons. The monoisotopic (exact) mass is 177 g/mol. The minimum absolute atomic E-state index is 0.0293. The Balaban J connectivity index is 2.17. The van der Waals surface area contributed by atoms with E-state index in [0.717, 1.165) is 19.0 Å². The third-order valence-corrected chi connectivity index (χ3v) is 2.07. The molecule has 0 N–H and O–H groups in total. The zero-order chi connectivity index (χ0) is 9.26. The first-order valence-corrected chi connectivity index (χ1v) is 4.28. The summed E-state index contributed by atoms with van der Waals surface area (Å²) in [6, 6.07) is 3.56. The largest absolute Gasteiger partial charge is 0.437 e. The normalized spacial score (nSPS) is 15.3. The molecular weight excluding hydrogens is 166 g/mol. The smallest absolute Gasteiger partial charge is 0.196 e. The lowest BCUT2D eigenvalue weighted by atomic mass is 10.3. The van der Waals surface area contributed by atoms with Crippen molar-refractivity contribution in [3.8, 4) is 0 Å². The van der Waals surface area contributed by atoms with E-state index in [0.29, 0.717) is 5.76 Å². The zero-order valence-electron chi connectivity index (χ0n) is 7.49. The second-order valence-electron chi connectivity index (χ2n) is 3.07. The van der Waals surface area contributed by atoms with Crippen molar-refractivity contribution >= 4 is 11.7 Å². The van der Waals surface area contributed by atoms with Crippen LogP contribution in [0, 0.1) is 0 Å². The molecular formula is C10H11NO2. The molecule has 0 aromatic carbocycles. The summed E-state index contributed by atoms with van der Waals surface area (Å²) in [4.78, 5) is 13.0. The van der Waals surface area contributed by atoms with E-state index in [9.17, 15) is 4.79 Å². The molecule has 2 heterocycles. The van der Waals surface area contributed by atoms with E-state index in [2.05, 4.69) is 17.1 Å². The molecule has 0 aliphatic carbocycles. The molecule has 13 heavy (non-hydrogen) atoms. The highest BCUT2D eigenvalue weighted by molar-refractivity contribution is 5.91. The molecule has 1 aliphatic rings. The minimum atomic E-state index is -0.0293. The predicted octanol–water partition coefficient (Wildman–Crippen LogP) is 1.86. The Kier molecular flexibility index (Phi) is 1.93. The van der Waals surface area contributed by atoms with Crippen LogP contribution < -0.4 is 4.90 Å². The number of rotatable bonds is 2. The van der Waals surface area contributed by atoms with E-state index in [-0.39, 0.29) is 5.78 Å². The van der Waals surface area contributed by atoms with Gasteiger partial charge in [0.15, 0.2) is 17.4 Å². The van der Waals surface area contributed by atoms with E-state index < -0.39 is 0 Å². The molecule has 0 bridgehead atoms. The van der Waals surface area contributed by atoms with Crippen LogP contribution in [0.15, 0.2) is 28.7 Å². The van der Waals surface area contributed by atoms with Crippen molar-refractivity contribution in [3.63, 3.8) is 0 Å². The van der Waals surface area contributed by atoms with Crippen LogP contribution >= 0.6 is 0 Å². The van der Waals surface area contributed by atoms with E-state index >= 15 is 0 Å². The van der Waals surface area contributed by atoms with E-state index in [1.165, 1.54) is 6.92 Å². The number of nitrogens with zero attached hydrogens (tertiary/aromatic N) is 1. The van der Waals surface area contributed by atoms with E-state index in [1.54, 1.807) is 6.07 Å². The number of hydrogen-bond acceptors (Lipinski definition) is 3. The topological polar surface area (TPSA) is 33.5 Å². The number of anilines is 1. The quantitative estimate of drug-likeness (QED) is 0.510. The molecule has 1 aromatic heterocycles. The maximum atomic E-state index is 10.9. The number of ketones is 1. The maximum absolute atomic E-state index is 10.9. The Morgan fingerprint density at radius 2 is 2.08 bits per heavy atom. The lowest BCUT2D eigenvalue weighted by molar-refractivity contribution is 0.0988. The second kappa shape index (κ2) is 3.09. The van der Waals surface area contributed by atoms with Crippen LogP contribution in [0.4, 0.5) is 5.88 Å². The van der Waals surface area contributed by atoms with Gasteiger partial charge in [0, 0.05) is 26.1 Å². The highest BCUT2D eigenvalue weighted by Crippen LogP contribution is 2.20. The Labute approximate surface area is 76.6 Å².